The van der Waals surface area contributed by atoms with Crippen LogP contribution in [0.15, 0.2) is 29.2 Å². The maximum absolute atomic E-state index is 11.9. The first-order valence-electron chi connectivity index (χ1n) is 7.07. The monoisotopic (exact) mass is 330 g/mol. The van der Waals surface area contributed by atoms with Crippen LogP contribution in [0.4, 0.5) is 5.69 Å². The molecule has 1 aromatic rings. The highest BCUT2D eigenvalue weighted by Crippen LogP contribution is 2.28. The van der Waals surface area contributed by atoms with E-state index < -0.39 is 15.6 Å². The molecule has 7 heteroatoms. The molecular formula is C14H22N2O3S2. The first kappa shape index (κ1) is 16.6. The fraction of sp³-hybridized carbons (Fsp3) is 0.571. The third-order valence-corrected chi connectivity index (χ3v) is 6.21. The van der Waals surface area contributed by atoms with Gasteiger partial charge in [0.2, 0.25) is 10.0 Å². The van der Waals surface area contributed by atoms with Crippen LogP contribution in [0.1, 0.15) is 25.7 Å². The van der Waals surface area contributed by atoms with Gasteiger partial charge in [-0.25, -0.2) is 13.1 Å². The van der Waals surface area contributed by atoms with Crippen molar-refractivity contribution in [2.75, 3.05) is 23.8 Å². The molecule has 0 heterocycles. The average Bonchev–Trinajstić information content (AvgIpc) is 2.84. The third kappa shape index (κ3) is 5.50. The lowest BCUT2D eigenvalue weighted by Crippen LogP contribution is -2.41. The average molecular weight is 330 g/mol. The summed E-state index contributed by atoms with van der Waals surface area (Å²) in [7, 11) is -3.35. The summed E-state index contributed by atoms with van der Waals surface area (Å²) in [5.41, 5.74) is 5.49. The lowest BCUT2D eigenvalue weighted by Gasteiger charge is -2.22. The third-order valence-electron chi connectivity index (χ3n) is 3.63. The van der Waals surface area contributed by atoms with E-state index in [4.69, 9.17) is 5.73 Å². The Morgan fingerprint density at radius 1 is 1.33 bits per heavy atom. The van der Waals surface area contributed by atoms with Crippen LogP contribution in [0.5, 0.6) is 0 Å². The number of aliphatic hydroxyl groups is 1. The molecule has 4 N–H and O–H groups in total. The highest BCUT2D eigenvalue weighted by Gasteiger charge is 2.32. The van der Waals surface area contributed by atoms with Gasteiger partial charge in [-0.2, -0.15) is 0 Å². The first-order valence-corrected chi connectivity index (χ1v) is 9.70. The molecule has 0 unspecified atom stereocenters. The largest absolute Gasteiger partial charge is 0.399 e. The molecule has 0 amide bonds. The molecule has 0 aliphatic heterocycles. The normalized spacial score (nSPS) is 18.0. The van der Waals surface area contributed by atoms with E-state index in [9.17, 15) is 13.5 Å². The minimum Gasteiger partial charge on any atom is -0.399 e. The molecule has 118 valence electrons. The number of benzene rings is 1. The van der Waals surface area contributed by atoms with Crippen molar-refractivity contribution in [2.45, 2.75) is 36.2 Å². The van der Waals surface area contributed by atoms with Crippen LogP contribution in [0.25, 0.3) is 0 Å². The Labute approximate surface area is 130 Å². The van der Waals surface area contributed by atoms with Gasteiger partial charge in [0.25, 0.3) is 0 Å². The molecule has 0 aromatic heterocycles. The second-order valence-electron chi connectivity index (χ2n) is 5.49. The van der Waals surface area contributed by atoms with Crippen molar-refractivity contribution < 1.29 is 13.5 Å². The fourth-order valence-electron chi connectivity index (χ4n) is 2.40. The van der Waals surface area contributed by atoms with E-state index in [1.54, 1.807) is 6.07 Å². The van der Waals surface area contributed by atoms with Crippen LogP contribution in [0, 0.1) is 0 Å². The van der Waals surface area contributed by atoms with E-state index in [0.29, 0.717) is 24.3 Å². The number of nitrogen functional groups attached to an aromatic ring is 1. The number of hydrogen-bond donors (Lipinski definition) is 3. The standard InChI is InChI=1S/C14H22N2O3S2/c15-12-4-3-5-13(10-12)20-8-9-21(18,19)16-11-14(17)6-1-2-7-14/h3-5,10,16-17H,1-2,6-9,11,15H2. The highest BCUT2D eigenvalue weighted by molar-refractivity contribution is 8.00. The number of hydrogen-bond acceptors (Lipinski definition) is 5. The summed E-state index contributed by atoms with van der Waals surface area (Å²) in [6.45, 7) is 0.123. The van der Waals surface area contributed by atoms with Gasteiger partial charge < -0.3 is 10.8 Å². The van der Waals surface area contributed by atoms with E-state index in [1.807, 2.05) is 18.2 Å². The summed E-state index contributed by atoms with van der Waals surface area (Å²) in [5, 5.41) is 10.1. The minimum absolute atomic E-state index is 0.0303. The minimum atomic E-state index is -3.35. The van der Waals surface area contributed by atoms with Crippen molar-refractivity contribution in [2.24, 2.45) is 0 Å². The van der Waals surface area contributed by atoms with Crippen LogP contribution in [-0.4, -0.2) is 37.2 Å². The first-order chi connectivity index (χ1) is 9.89. The van der Waals surface area contributed by atoms with E-state index in [0.717, 1.165) is 17.7 Å². The predicted molar refractivity (Wildman–Crippen MR) is 86.8 cm³/mol. The Morgan fingerprint density at radius 3 is 2.71 bits per heavy atom. The molecule has 1 saturated carbocycles. The van der Waals surface area contributed by atoms with Gasteiger partial charge in [0.15, 0.2) is 0 Å². The lowest BCUT2D eigenvalue weighted by molar-refractivity contribution is 0.0532. The van der Waals surface area contributed by atoms with Gasteiger partial charge in [0.05, 0.1) is 11.4 Å². The Bertz CT molecular complexity index is 569. The van der Waals surface area contributed by atoms with E-state index in [2.05, 4.69) is 4.72 Å². The summed E-state index contributed by atoms with van der Waals surface area (Å²) in [4.78, 5) is 0.958. The molecule has 0 bridgehead atoms. The van der Waals surface area contributed by atoms with Gasteiger partial charge in [-0.15, -0.1) is 11.8 Å². The molecule has 5 nitrogen and oxygen atoms in total. The number of thioether (sulfide) groups is 1. The second-order valence-corrected chi connectivity index (χ2v) is 8.59. The summed E-state index contributed by atoms with van der Waals surface area (Å²) >= 11 is 1.46. The molecule has 0 spiro atoms. The van der Waals surface area contributed by atoms with Gasteiger partial charge in [0.1, 0.15) is 0 Å². The summed E-state index contributed by atoms with van der Waals surface area (Å²) < 4.78 is 26.4. The maximum atomic E-state index is 11.9. The van der Waals surface area contributed by atoms with Crippen LogP contribution in [0.3, 0.4) is 0 Å². The Balaban J connectivity index is 1.76. The Hall–Kier alpha value is -0.760. The van der Waals surface area contributed by atoms with Crippen LogP contribution in [-0.2, 0) is 10.0 Å². The van der Waals surface area contributed by atoms with Gasteiger partial charge in [0, 0.05) is 22.9 Å². The molecule has 2 rings (SSSR count). The van der Waals surface area contributed by atoms with Crippen molar-refractivity contribution in [3.05, 3.63) is 24.3 Å². The van der Waals surface area contributed by atoms with Gasteiger partial charge in [-0.05, 0) is 31.0 Å². The van der Waals surface area contributed by atoms with E-state index in [1.165, 1.54) is 11.8 Å². The molecule has 1 fully saturated rings. The van der Waals surface area contributed by atoms with Crippen molar-refractivity contribution in [1.29, 1.82) is 0 Å². The predicted octanol–water partition coefficient (Wildman–Crippen LogP) is 1.59. The number of nitrogens with one attached hydrogen (secondary N) is 1. The van der Waals surface area contributed by atoms with Crippen LogP contribution >= 0.6 is 11.8 Å². The molecule has 0 saturated heterocycles. The topological polar surface area (TPSA) is 92.4 Å². The summed E-state index contributed by atoms with van der Waals surface area (Å²) in [6.07, 6.45) is 3.27. The SMILES string of the molecule is Nc1cccc(SCCS(=O)(=O)NCC2(O)CCCC2)c1. The lowest BCUT2D eigenvalue weighted by atomic mass is 10.0. The Morgan fingerprint density at radius 2 is 2.05 bits per heavy atom. The van der Waals surface area contributed by atoms with E-state index in [-0.39, 0.29) is 12.3 Å². The summed E-state index contributed by atoms with van der Waals surface area (Å²) in [6, 6.07) is 7.37. The van der Waals surface area contributed by atoms with Crippen LogP contribution < -0.4 is 10.5 Å². The Kier molecular flexibility index (Phi) is 5.54. The number of nitrogens with two attached hydrogens (primary N) is 1. The van der Waals surface area contributed by atoms with Crippen molar-refractivity contribution >= 4 is 27.5 Å². The van der Waals surface area contributed by atoms with Crippen molar-refractivity contribution in [3.8, 4) is 0 Å². The smallest absolute Gasteiger partial charge is 0.212 e. The number of sulfonamides is 1. The zero-order valence-corrected chi connectivity index (χ0v) is 13.5. The molecule has 0 radical (unpaired) electrons. The molecule has 1 aliphatic carbocycles. The van der Waals surface area contributed by atoms with Crippen molar-refractivity contribution in [3.63, 3.8) is 0 Å². The zero-order chi connectivity index (χ0) is 15.3. The molecule has 21 heavy (non-hydrogen) atoms. The highest BCUT2D eigenvalue weighted by atomic mass is 32.2. The van der Waals surface area contributed by atoms with Crippen molar-refractivity contribution in [1.82, 2.24) is 4.72 Å². The summed E-state index contributed by atoms with van der Waals surface area (Å²) in [5.74, 6) is 0.486. The molecule has 0 atom stereocenters. The fourth-order valence-corrected chi connectivity index (χ4v) is 4.87. The second kappa shape index (κ2) is 7.00. The van der Waals surface area contributed by atoms with E-state index >= 15 is 0 Å². The maximum Gasteiger partial charge on any atom is 0.212 e. The van der Waals surface area contributed by atoms with Gasteiger partial charge in [-0.3, -0.25) is 0 Å². The van der Waals surface area contributed by atoms with Crippen LogP contribution in [0.2, 0.25) is 0 Å². The number of rotatable bonds is 7. The quantitative estimate of drug-likeness (QED) is 0.521. The van der Waals surface area contributed by atoms with Gasteiger partial charge in [-0.1, -0.05) is 18.9 Å². The zero-order valence-electron chi connectivity index (χ0n) is 11.9. The van der Waals surface area contributed by atoms with Gasteiger partial charge >= 0.3 is 0 Å². The molecule has 1 aromatic carbocycles. The molecular weight excluding hydrogens is 308 g/mol. The molecule has 1 aliphatic rings. The number of anilines is 1.